The van der Waals surface area contributed by atoms with E-state index in [1.54, 1.807) is 0 Å². The van der Waals surface area contributed by atoms with E-state index in [0.29, 0.717) is 0 Å². The van der Waals surface area contributed by atoms with Crippen LogP contribution in [0.1, 0.15) is 19.3 Å². The predicted molar refractivity (Wildman–Crippen MR) is 91.9 cm³/mol. The van der Waals surface area contributed by atoms with E-state index in [4.69, 9.17) is 5.73 Å². The first-order chi connectivity index (χ1) is 10.3. The van der Waals surface area contributed by atoms with Gasteiger partial charge in [-0.15, -0.1) is 0 Å². The molecule has 0 spiro atoms. The van der Waals surface area contributed by atoms with Gasteiger partial charge in [0.05, 0.1) is 0 Å². The van der Waals surface area contributed by atoms with Crippen LogP contribution in [0.4, 0.5) is 11.4 Å². The van der Waals surface area contributed by atoms with E-state index in [1.807, 2.05) is 6.07 Å². The molecule has 4 rings (SSSR count). The summed E-state index contributed by atoms with van der Waals surface area (Å²) >= 11 is 0. The molecule has 0 unspecified atom stereocenters. The van der Waals surface area contributed by atoms with Crippen molar-refractivity contribution in [3.63, 3.8) is 0 Å². The molecule has 0 bridgehead atoms. The standard InChI is InChI=1S/C19H20N2/c20-15-9-7-14-8-10-17-16(18(14)13-15)5-4-6-19(17)21-11-2-1-3-12-21/h4-10,13H,1-3,11-12,20H2. The highest BCUT2D eigenvalue weighted by atomic mass is 15.1. The second kappa shape index (κ2) is 4.96. The first kappa shape index (κ1) is 12.5. The molecule has 1 aliphatic rings. The van der Waals surface area contributed by atoms with Crippen molar-refractivity contribution in [1.82, 2.24) is 0 Å². The first-order valence-corrected chi connectivity index (χ1v) is 7.79. The van der Waals surface area contributed by atoms with E-state index in [2.05, 4.69) is 47.4 Å². The zero-order valence-electron chi connectivity index (χ0n) is 12.2. The summed E-state index contributed by atoms with van der Waals surface area (Å²) < 4.78 is 0. The fourth-order valence-electron chi connectivity index (χ4n) is 3.50. The van der Waals surface area contributed by atoms with Crippen LogP contribution in [0.25, 0.3) is 21.5 Å². The monoisotopic (exact) mass is 276 g/mol. The average Bonchev–Trinajstić information content (AvgIpc) is 2.55. The third-order valence-corrected chi connectivity index (χ3v) is 4.58. The molecule has 0 aliphatic carbocycles. The highest BCUT2D eigenvalue weighted by molar-refractivity contribution is 6.12. The SMILES string of the molecule is Nc1ccc2ccc3c(N4CCCCC4)cccc3c2c1. The molecule has 106 valence electrons. The molecular formula is C19H20N2. The van der Waals surface area contributed by atoms with E-state index in [-0.39, 0.29) is 0 Å². The van der Waals surface area contributed by atoms with Crippen molar-refractivity contribution in [2.75, 3.05) is 23.7 Å². The topological polar surface area (TPSA) is 29.3 Å². The molecular weight excluding hydrogens is 256 g/mol. The van der Waals surface area contributed by atoms with Crippen LogP contribution in [0, 0.1) is 0 Å². The van der Waals surface area contributed by atoms with Crippen LogP contribution in [0.3, 0.4) is 0 Å². The number of anilines is 2. The Morgan fingerprint density at radius 2 is 1.57 bits per heavy atom. The molecule has 2 N–H and O–H groups in total. The van der Waals surface area contributed by atoms with Crippen molar-refractivity contribution in [1.29, 1.82) is 0 Å². The molecule has 0 aromatic heterocycles. The summed E-state index contributed by atoms with van der Waals surface area (Å²) in [7, 11) is 0. The summed E-state index contributed by atoms with van der Waals surface area (Å²) in [4.78, 5) is 2.53. The Morgan fingerprint density at radius 3 is 2.43 bits per heavy atom. The minimum absolute atomic E-state index is 0.832. The fraction of sp³-hybridized carbons (Fsp3) is 0.263. The van der Waals surface area contributed by atoms with E-state index in [1.165, 1.54) is 59.6 Å². The van der Waals surface area contributed by atoms with Gasteiger partial charge < -0.3 is 10.6 Å². The molecule has 1 fully saturated rings. The maximum atomic E-state index is 5.99. The van der Waals surface area contributed by atoms with Crippen LogP contribution in [-0.4, -0.2) is 13.1 Å². The van der Waals surface area contributed by atoms with E-state index in [0.717, 1.165) is 5.69 Å². The second-order valence-corrected chi connectivity index (χ2v) is 5.97. The third kappa shape index (κ3) is 2.11. The lowest BCUT2D eigenvalue weighted by Crippen LogP contribution is -2.29. The molecule has 0 saturated carbocycles. The number of fused-ring (bicyclic) bond motifs is 3. The summed E-state index contributed by atoms with van der Waals surface area (Å²) in [6.07, 6.45) is 3.97. The van der Waals surface area contributed by atoms with Crippen LogP contribution in [0.5, 0.6) is 0 Å². The zero-order chi connectivity index (χ0) is 14.2. The third-order valence-electron chi connectivity index (χ3n) is 4.58. The molecule has 3 aromatic carbocycles. The molecule has 2 nitrogen and oxygen atoms in total. The Hall–Kier alpha value is -2.22. The van der Waals surface area contributed by atoms with E-state index < -0.39 is 0 Å². The van der Waals surface area contributed by atoms with Gasteiger partial charge in [-0.2, -0.15) is 0 Å². The van der Waals surface area contributed by atoms with Crippen LogP contribution < -0.4 is 10.6 Å². The highest BCUT2D eigenvalue weighted by Gasteiger charge is 2.14. The summed E-state index contributed by atoms with van der Waals surface area (Å²) in [5, 5.41) is 5.17. The quantitative estimate of drug-likeness (QED) is 0.521. The van der Waals surface area contributed by atoms with Gasteiger partial charge in [0, 0.05) is 29.9 Å². The maximum Gasteiger partial charge on any atom is 0.0446 e. The first-order valence-electron chi connectivity index (χ1n) is 7.79. The average molecular weight is 276 g/mol. The minimum Gasteiger partial charge on any atom is -0.399 e. The number of nitrogen functional groups attached to an aromatic ring is 1. The smallest absolute Gasteiger partial charge is 0.0446 e. The molecule has 1 saturated heterocycles. The van der Waals surface area contributed by atoms with Gasteiger partial charge in [-0.3, -0.25) is 0 Å². The number of nitrogens with two attached hydrogens (primary N) is 1. The highest BCUT2D eigenvalue weighted by Crippen LogP contribution is 2.34. The summed E-state index contributed by atoms with van der Waals surface area (Å²) in [5.41, 5.74) is 8.19. The van der Waals surface area contributed by atoms with Gasteiger partial charge >= 0.3 is 0 Å². The van der Waals surface area contributed by atoms with Gasteiger partial charge in [0.2, 0.25) is 0 Å². The van der Waals surface area contributed by atoms with Crippen molar-refractivity contribution < 1.29 is 0 Å². The number of nitrogens with zero attached hydrogens (tertiary/aromatic N) is 1. The summed E-state index contributed by atoms with van der Waals surface area (Å²) in [6, 6.07) is 17.3. The number of rotatable bonds is 1. The number of hydrogen-bond acceptors (Lipinski definition) is 2. The Bertz CT molecular complexity index is 801. The van der Waals surface area contributed by atoms with Crippen molar-refractivity contribution >= 4 is 32.9 Å². The van der Waals surface area contributed by atoms with E-state index >= 15 is 0 Å². The summed E-state index contributed by atoms with van der Waals surface area (Å²) in [5.74, 6) is 0. The van der Waals surface area contributed by atoms with Gasteiger partial charge in [0.25, 0.3) is 0 Å². The number of hydrogen-bond donors (Lipinski definition) is 1. The van der Waals surface area contributed by atoms with Crippen molar-refractivity contribution in [2.45, 2.75) is 19.3 Å². The molecule has 0 amide bonds. The molecule has 2 heteroatoms. The predicted octanol–water partition coefficient (Wildman–Crippen LogP) is 4.57. The molecule has 1 heterocycles. The van der Waals surface area contributed by atoms with Gasteiger partial charge in [-0.25, -0.2) is 0 Å². The van der Waals surface area contributed by atoms with Crippen LogP contribution in [0.15, 0.2) is 48.5 Å². The van der Waals surface area contributed by atoms with E-state index in [9.17, 15) is 0 Å². The molecule has 21 heavy (non-hydrogen) atoms. The maximum absolute atomic E-state index is 5.99. The largest absolute Gasteiger partial charge is 0.399 e. The normalized spacial score (nSPS) is 15.7. The number of benzene rings is 3. The van der Waals surface area contributed by atoms with Gasteiger partial charge in [0.15, 0.2) is 0 Å². The van der Waals surface area contributed by atoms with Gasteiger partial charge in [-0.1, -0.05) is 30.3 Å². The Kier molecular flexibility index (Phi) is 2.95. The zero-order valence-corrected chi connectivity index (χ0v) is 12.2. The van der Waals surface area contributed by atoms with Crippen LogP contribution in [-0.2, 0) is 0 Å². The van der Waals surface area contributed by atoms with Crippen molar-refractivity contribution in [2.24, 2.45) is 0 Å². The molecule has 1 aliphatic heterocycles. The lowest BCUT2D eigenvalue weighted by molar-refractivity contribution is 0.579. The van der Waals surface area contributed by atoms with Crippen molar-refractivity contribution in [3.8, 4) is 0 Å². The van der Waals surface area contributed by atoms with Crippen LogP contribution >= 0.6 is 0 Å². The molecule has 0 radical (unpaired) electrons. The lowest BCUT2D eigenvalue weighted by atomic mass is 9.99. The Labute approximate surface area is 125 Å². The second-order valence-electron chi connectivity index (χ2n) is 5.97. The van der Waals surface area contributed by atoms with Crippen LogP contribution in [0.2, 0.25) is 0 Å². The molecule has 0 atom stereocenters. The fourth-order valence-corrected chi connectivity index (χ4v) is 3.50. The Morgan fingerprint density at radius 1 is 0.762 bits per heavy atom. The van der Waals surface area contributed by atoms with Gasteiger partial charge in [0.1, 0.15) is 0 Å². The van der Waals surface area contributed by atoms with Crippen molar-refractivity contribution in [3.05, 3.63) is 48.5 Å². The minimum atomic E-state index is 0.832. The lowest BCUT2D eigenvalue weighted by Gasteiger charge is -2.30. The van der Waals surface area contributed by atoms with Gasteiger partial charge in [-0.05, 0) is 53.6 Å². The number of piperidine rings is 1. The summed E-state index contributed by atoms with van der Waals surface area (Å²) in [6.45, 7) is 2.35. The Balaban J connectivity index is 1.97. The molecule has 3 aromatic rings.